The number of hydrogen-bond acceptors (Lipinski definition) is 2. The number of piperidine rings is 3. The van der Waals surface area contributed by atoms with Crippen molar-refractivity contribution in [3.05, 3.63) is 89.6 Å². The van der Waals surface area contributed by atoms with E-state index in [0.29, 0.717) is 30.6 Å². The second kappa shape index (κ2) is 9.13. The zero-order valence-corrected chi connectivity index (χ0v) is 19.9. The summed E-state index contributed by atoms with van der Waals surface area (Å²) in [7, 11) is 0. The average Bonchev–Trinajstić information content (AvgIpc) is 2.86. The summed E-state index contributed by atoms with van der Waals surface area (Å²) in [5.41, 5.74) is -1.31. The number of rotatable bonds is 5. The first-order valence-corrected chi connectivity index (χ1v) is 12.2. The molecule has 0 spiro atoms. The number of alkyl halides is 6. The Hall–Kier alpha value is -2.91. The van der Waals surface area contributed by atoms with Gasteiger partial charge in [-0.15, -0.1) is 6.58 Å². The monoisotopic (exact) mass is 521 g/mol. The van der Waals surface area contributed by atoms with Crippen LogP contribution in [0.2, 0.25) is 0 Å². The third-order valence-electron chi connectivity index (χ3n) is 8.19. The number of para-hydroxylation sites is 1. The number of nitrogens with zero attached hydrogens (tertiary/aromatic N) is 2. The number of halogens is 6. The van der Waals surface area contributed by atoms with Crippen LogP contribution in [0.15, 0.2) is 67.4 Å². The van der Waals surface area contributed by atoms with E-state index < -0.39 is 35.6 Å². The van der Waals surface area contributed by atoms with Crippen LogP contribution in [0.4, 0.5) is 26.3 Å². The van der Waals surface area contributed by atoms with Gasteiger partial charge in [-0.05, 0) is 41.8 Å². The zero-order chi connectivity index (χ0) is 26.6. The van der Waals surface area contributed by atoms with Gasteiger partial charge in [-0.1, -0.05) is 24.3 Å². The van der Waals surface area contributed by atoms with E-state index in [4.69, 9.17) is 0 Å². The van der Waals surface area contributed by atoms with Crippen molar-refractivity contribution in [1.29, 1.82) is 0 Å². The maximum atomic E-state index is 13.6. The predicted molar refractivity (Wildman–Crippen MR) is 127 cm³/mol. The van der Waals surface area contributed by atoms with Crippen molar-refractivity contribution in [3.8, 4) is 0 Å². The van der Waals surface area contributed by atoms with Gasteiger partial charge in [-0.2, -0.15) is 26.3 Å². The minimum atomic E-state index is -4.91. The Kier molecular flexibility index (Phi) is 6.35. The molecule has 3 aliphatic heterocycles. The molecule has 37 heavy (non-hydrogen) atoms. The van der Waals surface area contributed by atoms with E-state index in [1.54, 1.807) is 12.3 Å². The third-order valence-corrected chi connectivity index (χ3v) is 8.19. The Bertz CT molecular complexity index is 1280. The number of quaternary nitrogens is 1. The normalized spacial score (nSPS) is 26.8. The molecule has 196 valence electrons. The van der Waals surface area contributed by atoms with Gasteiger partial charge in [0.05, 0.1) is 29.7 Å². The lowest BCUT2D eigenvalue weighted by Gasteiger charge is -2.58. The lowest BCUT2D eigenvalue weighted by Crippen LogP contribution is -2.67. The standard InChI is InChI=1S/C28H27F6N2O/c1-2-18-16-36(15-17-11-20(27(29,30)31)14-21(12-17)28(32,33)34)10-8-19(18)13-25(36)26(37)23-7-9-35-24-6-4-3-5-22(23)24/h2-7,9,11-12,14,18-19,25-26,37H,1,8,10,13,15-16H2/q+1/t18?,19?,25?,26-,36?/m1/s1. The van der Waals surface area contributed by atoms with E-state index in [-0.39, 0.29) is 34.5 Å². The maximum absolute atomic E-state index is 13.6. The molecule has 2 bridgehead atoms. The van der Waals surface area contributed by atoms with E-state index in [1.165, 1.54) is 0 Å². The molecule has 1 aromatic heterocycles. The van der Waals surface area contributed by atoms with Gasteiger partial charge >= 0.3 is 12.4 Å². The van der Waals surface area contributed by atoms with Gasteiger partial charge in [0.25, 0.3) is 0 Å². The highest BCUT2D eigenvalue weighted by Crippen LogP contribution is 2.48. The highest BCUT2D eigenvalue weighted by Gasteiger charge is 2.54. The van der Waals surface area contributed by atoms with Gasteiger partial charge in [-0.25, -0.2) is 0 Å². The lowest BCUT2D eigenvalue weighted by atomic mass is 9.71. The van der Waals surface area contributed by atoms with Gasteiger partial charge in [0.1, 0.15) is 18.7 Å². The fraction of sp³-hybridized carbons (Fsp3) is 0.393. The molecule has 9 heteroatoms. The molecule has 0 radical (unpaired) electrons. The van der Waals surface area contributed by atoms with E-state index in [0.717, 1.165) is 23.9 Å². The number of benzene rings is 2. The molecule has 6 rings (SSSR count). The summed E-state index contributed by atoms with van der Waals surface area (Å²) in [5.74, 6) is 0.316. The van der Waals surface area contributed by atoms with E-state index in [2.05, 4.69) is 11.6 Å². The first-order chi connectivity index (χ1) is 17.4. The second-order valence-corrected chi connectivity index (χ2v) is 10.3. The summed E-state index contributed by atoms with van der Waals surface area (Å²) < 4.78 is 81.6. The molecule has 4 unspecified atom stereocenters. The molecule has 3 aliphatic rings. The van der Waals surface area contributed by atoms with Gasteiger partial charge < -0.3 is 9.59 Å². The van der Waals surface area contributed by atoms with Crippen LogP contribution in [0.25, 0.3) is 10.9 Å². The average molecular weight is 522 g/mol. The Labute approximate surface area is 210 Å². The second-order valence-electron chi connectivity index (χ2n) is 10.3. The largest absolute Gasteiger partial charge is 0.416 e. The Morgan fingerprint density at radius 2 is 1.70 bits per heavy atom. The Balaban J connectivity index is 1.59. The molecule has 3 aromatic rings. The molecule has 3 saturated heterocycles. The number of pyridine rings is 1. The molecule has 0 amide bonds. The number of aromatic nitrogens is 1. The molecule has 2 aromatic carbocycles. The molecule has 3 nitrogen and oxygen atoms in total. The molecule has 4 heterocycles. The number of aliphatic hydroxyl groups is 1. The molecule has 5 atom stereocenters. The molecule has 1 N–H and O–H groups in total. The van der Waals surface area contributed by atoms with Crippen LogP contribution >= 0.6 is 0 Å². The topological polar surface area (TPSA) is 33.1 Å². The van der Waals surface area contributed by atoms with Crippen LogP contribution in [0.3, 0.4) is 0 Å². The molecule has 0 saturated carbocycles. The van der Waals surface area contributed by atoms with E-state index >= 15 is 0 Å². The van der Waals surface area contributed by atoms with Crippen LogP contribution < -0.4 is 0 Å². The van der Waals surface area contributed by atoms with Crippen LogP contribution in [0.1, 0.15) is 41.2 Å². The van der Waals surface area contributed by atoms with Gasteiger partial charge in [0.15, 0.2) is 0 Å². The molecule has 0 aliphatic carbocycles. The minimum absolute atomic E-state index is 0.0397. The highest BCUT2D eigenvalue weighted by molar-refractivity contribution is 5.82. The van der Waals surface area contributed by atoms with Crippen molar-refractivity contribution < 1.29 is 35.9 Å². The smallest absolute Gasteiger partial charge is 0.382 e. The van der Waals surface area contributed by atoms with Crippen molar-refractivity contribution >= 4 is 10.9 Å². The number of aliphatic hydroxyl groups excluding tert-OH is 1. The van der Waals surface area contributed by atoms with Crippen LogP contribution in [-0.4, -0.2) is 33.7 Å². The molecular formula is C28H27F6N2O+. The summed E-state index contributed by atoms with van der Waals surface area (Å²) in [6, 6.07) is 10.5. The Morgan fingerprint density at radius 1 is 1.03 bits per heavy atom. The Morgan fingerprint density at radius 3 is 2.35 bits per heavy atom. The number of fused-ring (bicyclic) bond motifs is 4. The van der Waals surface area contributed by atoms with Crippen molar-refractivity contribution in [2.75, 3.05) is 13.1 Å². The van der Waals surface area contributed by atoms with Crippen LogP contribution in [0, 0.1) is 11.8 Å². The first-order valence-electron chi connectivity index (χ1n) is 12.2. The number of hydrogen-bond donors (Lipinski definition) is 1. The third kappa shape index (κ3) is 4.75. The van der Waals surface area contributed by atoms with Crippen LogP contribution in [-0.2, 0) is 18.9 Å². The predicted octanol–water partition coefficient (Wildman–Crippen LogP) is 6.92. The summed E-state index contributed by atoms with van der Waals surface area (Å²) in [5, 5.41) is 12.5. The lowest BCUT2D eigenvalue weighted by molar-refractivity contribution is -0.984. The van der Waals surface area contributed by atoms with Crippen molar-refractivity contribution in [2.45, 2.75) is 43.9 Å². The van der Waals surface area contributed by atoms with Crippen molar-refractivity contribution in [2.24, 2.45) is 11.8 Å². The van der Waals surface area contributed by atoms with Gasteiger partial charge in [0.2, 0.25) is 0 Å². The molecule has 3 fully saturated rings. The van der Waals surface area contributed by atoms with E-state index in [1.807, 2.05) is 30.3 Å². The molecular weight excluding hydrogens is 494 g/mol. The van der Waals surface area contributed by atoms with Crippen molar-refractivity contribution in [1.82, 2.24) is 4.98 Å². The first kappa shape index (κ1) is 25.7. The summed E-state index contributed by atoms with van der Waals surface area (Å²) in [6.07, 6.45) is -5.99. The van der Waals surface area contributed by atoms with Crippen molar-refractivity contribution in [3.63, 3.8) is 0 Å². The maximum Gasteiger partial charge on any atom is 0.416 e. The minimum Gasteiger partial charge on any atom is -0.382 e. The van der Waals surface area contributed by atoms with E-state index in [9.17, 15) is 31.4 Å². The fourth-order valence-corrected chi connectivity index (χ4v) is 6.44. The quantitative estimate of drug-likeness (QED) is 0.225. The SMILES string of the molecule is C=CC1C[N+]2(Cc3cc(C(F)(F)F)cc(C(F)(F)F)c3)CCC1CC2[C@H](O)c1ccnc2ccccc12. The summed E-state index contributed by atoms with van der Waals surface area (Å²) >= 11 is 0. The van der Waals surface area contributed by atoms with Crippen LogP contribution in [0.5, 0.6) is 0 Å². The highest BCUT2D eigenvalue weighted by atomic mass is 19.4. The van der Waals surface area contributed by atoms with Gasteiger partial charge in [0, 0.05) is 35.9 Å². The van der Waals surface area contributed by atoms with Gasteiger partial charge in [-0.3, -0.25) is 4.98 Å². The zero-order valence-electron chi connectivity index (χ0n) is 19.9. The fourth-order valence-electron chi connectivity index (χ4n) is 6.44. The summed E-state index contributed by atoms with van der Waals surface area (Å²) in [6.45, 7) is 4.93. The summed E-state index contributed by atoms with van der Waals surface area (Å²) in [4.78, 5) is 4.35.